The first-order valence-corrected chi connectivity index (χ1v) is 4.99. The van der Waals surface area contributed by atoms with E-state index in [1.807, 2.05) is 24.4 Å². The van der Waals surface area contributed by atoms with E-state index in [9.17, 15) is 0 Å². The number of nitrogens with one attached hydrogen (secondary N) is 1. The molecule has 0 bridgehead atoms. The first-order chi connectivity index (χ1) is 7.40. The second-order valence-corrected chi connectivity index (χ2v) is 3.39. The topological polar surface area (TPSA) is 37.9 Å². The lowest BCUT2D eigenvalue weighted by molar-refractivity contribution is 0.409. The molecule has 78 valence electrons. The summed E-state index contributed by atoms with van der Waals surface area (Å²) in [5.74, 6) is 0.956. The van der Waals surface area contributed by atoms with E-state index < -0.39 is 0 Å². The Morgan fingerprint density at radius 2 is 2.13 bits per heavy atom. The molecular formula is C12H14N2O. The van der Waals surface area contributed by atoms with E-state index in [-0.39, 0.29) is 0 Å². The number of ether oxygens (including phenoxy) is 1. The van der Waals surface area contributed by atoms with Gasteiger partial charge in [0.15, 0.2) is 0 Å². The molecule has 0 aliphatic rings. The van der Waals surface area contributed by atoms with Gasteiger partial charge in [-0.3, -0.25) is 0 Å². The Morgan fingerprint density at radius 3 is 2.87 bits per heavy atom. The van der Waals surface area contributed by atoms with Crippen LogP contribution in [0.15, 0.2) is 36.8 Å². The molecule has 0 saturated carbocycles. The average molecular weight is 202 g/mol. The molecule has 1 aromatic heterocycles. The Morgan fingerprint density at radius 1 is 1.27 bits per heavy atom. The lowest BCUT2D eigenvalue weighted by atomic mass is 10.1. The first kappa shape index (κ1) is 9.77. The molecule has 0 atom stereocenters. The van der Waals surface area contributed by atoms with Crippen LogP contribution >= 0.6 is 0 Å². The third-order valence-corrected chi connectivity index (χ3v) is 2.41. The highest BCUT2D eigenvalue weighted by atomic mass is 16.5. The van der Waals surface area contributed by atoms with Crippen molar-refractivity contribution in [2.45, 2.75) is 12.8 Å². The van der Waals surface area contributed by atoms with Gasteiger partial charge in [0, 0.05) is 11.9 Å². The molecule has 3 nitrogen and oxygen atoms in total. The van der Waals surface area contributed by atoms with Crippen LogP contribution < -0.4 is 4.74 Å². The molecule has 0 amide bonds. The second-order valence-electron chi connectivity index (χ2n) is 3.39. The summed E-state index contributed by atoms with van der Waals surface area (Å²) >= 11 is 0. The van der Waals surface area contributed by atoms with Crippen LogP contribution in [0, 0.1) is 0 Å². The van der Waals surface area contributed by atoms with E-state index in [0.29, 0.717) is 0 Å². The predicted molar refractivity (Wildman–Crippen MR) is 59.0 cm³/mol. The zero-order chi connectivity index (χ0) is 10.5. The van der Waals surface area contributed by atoms with Crippen LogP contribution in [0.4, 0.5) is 0 Å². The van der Waals surface area contributed by atoms with E-state index in [1.54, 1.807) is 13.4 Å². The molecular weight excluding hydrogens is 188 g/mol. The number of benzene rings is 1. The van der Waals surface area contributed by atoms with Gasteiger partial charge in [0.05, 0.1) is 13.4 Å². The summed E-state index contributed by atoms with van der Waals surface area (Å²) in [7, 11) is 1.70. The largest absolute Gasteiger partial charge is 0.496 e. The Kier molecular flexibility index (Phi) is 3.02. The van der Waals surface area contributed by atoms with Crippen LogP contribution in [-0.4, -0.2) is 17.1 Å². The van der Waals surface area contributed by atoms with E-state index >= 15 is 0 Å². The summed E-state index contributed by atoms with van der Waals surface area (Å²) in [6, 6.07) is 8.10. The molecule has 0 aliphatic carbocycles. The Labute approximate surface area is 89.1 Å². The third kappa shape index (κ3) is 2.37. The van der Waals surface area contributed by atoms with Gasteiger partial charge in [0.25, 0.3) is 0 Å². The molecule has 0 saturated heterocycles. The number of para-hydroxylation sites is 1. The maximum atomic E-state index is 5.29. The maximum absolute atomic E-state index is 5.29. The minimum atomic E-state index is 0.956. The van der Waals surface area contributed by atoms with Crippen LogP contribution in [0.25, 0.3) is 0 Å². The van der Waals surface area contributed by atoms with Crippen molar-refractivity contribution in [3.8, 4) is 5.75 Å². The monoisotopic (exact) mass is 202 g/mol. The van der Waals surface area contributed by atoms with E-state index in [2.05, 4.69) is 16.0 Å². The summed E-state index contributed by atoms with van der Waals surface area (Å²) < 4.78 is 5.29. The number of aromatic nitrogens is 2. The van der Waals surface area contributed by atoms with Gasteiger partial charge in [-0.15, -0.1) is 0 Å². The summed E-state index contributed by atoms with van der Waals surface area (Å²) in [5.41, 5.74) is 2.38. The fraction of sp³-hybridized carbons (Fsp3) is 0.250. The van der Waals surface area contributed by atoms with Gasteiger partial charge < -0.3 is 9.72 Å². The van der Waals surface area contributed by atoms with E-state index in [4.69, 9.17) is 4.74 Å². The minimum absolute atomic E-state index is 0.956. The number of methoxy groups -OCH3 is 1. The van der Waals surface area contributed by atoms with Crippen molar-refractivity contribution in [2.75, 3.05) is 7.11 Å². The average Bonchev–Trinajstić information content (AvgIpc) is 2.79. The quantitative estimate of drug-likeness (QED) is 0.825. The third-order valence-electron chi connectivity index (χ3n) is 2.41. The molecule has 2 aromatic rings. The molecule has 0 unspecified atom stereocenters. The highest BCUT2D eigenvalue weighted by Crippen LogP contribution is 2.18. The van der Waals surface area contributed by atoms with E-state index in [0.717, 1.165) is 24.3 Å². The van der Waals surface area contributed by atoms with Crippen molar-refractivity contribution in [1.82, 2.24) is 9.97 Å². The fourth-order valence-corrected chi connectivity index (χ4v) is 1.60. The molecule has 0 fully saturated rings. The predicted octanol–water partition coefficient (Wildman–Crippen LogP) is 2.20. The lowest BCUT2D eigenvalue weighted by Crippen LogP contribution is -1.95. The number of H-pyrrole nitrogens is 1. The van der Waals surface area contributed by atoms with Crippen LogP contribution in [0.5, 0.6) is 5.75 Å². The van der Waals surface area contributed by atoms with Gasteiger partial charge in [-0.05, 0) is 24.5 Å². The summed E-state index contributed by atoms with van der Waals surface area (Å²) in [5, 5.41) is 0. The highest BCUT2D eigenvalue weighted by Gasteiger charge is 2.02. The molecule has 1 N–H and O–H groups in total. The standard InChI is InChI=1S/C12H14N2O/c1-15-12-5-3-2-4-10(12)6-7-11-8-13-9-14-11/h2-5,8-9H,6-7H2,1H3,(H,13,14). The van der Waals surface area contributed by atoms with Crippen LogP contribution in [0.3, 0.4) is 0 Å². The first-order valence-electron chi connectivity index (χ1n) is 4.99. The fourth-order valence-electron chi connectivity index (χ4n) is 1.60. The van der Waals surface area contributed by atoms with Crippen molar-refractivity contribution < 1.29 is 4.74 Å². The molecule has 15 heavy (non-hydrogen) atoms. The SMILES string of the molecule is COc1ccccc1CCc1cnc[nH]1. The number of imidazole rings is 1. The van der Waals surface area contributed by atoms with Crippen LogP contribution in [0.1, 0.15) is 11.3 Å². The number of rotatable bonds is 4. The zero-order valence-electron chi connectivity index (χ0n) is 8.73. The summed E-state index contributed by atoms with van der Waals surface area (Å²) in [6.45, 7) is 0. The Hall–Kier alpha value is -1.77. The van der Waals surface area contributed by atoms with Crippen LogP contribution in [0.2, 0.25) is 0 Å². The van der Waals surface area contributed by atoms with Gasteiger partial charge in [-0.25, -0.2) is 4.98 Å². The highest BCUT2D eigenvalue weighted by molar-refractivity contribution is 5.33. The Bertz CT molecular complexity index is 409. The second kappa shape index (κ2) is 4.64. The number of aromatic amines is 1. The van der Waals surface area contributed by atoms with Gasteiger partial charge in [0.2, 0.25) is 0 Å². The minimum Gasteiger partial charge on any atom is -0.496 e. The summed E-state index contributed by atoms with van der Waals surface area (Å²) in [4.78, 5) is 7.08. The van der Waals surface area contributed by atoms with Crippen LogP contribution in [-0.2, 0) is 12.8 Å². The van der Waals surface area contributed by atoms with Crippen molar-refractivity contribution in [3.63, 3.8) is 0 Å². The number of aryl methyl sites for hydroxylation is 2. The van der Waals surface area contributed by atoms with Gasteiger partial charge in [-0.2, -0.15) is 0 Å². The van der Waals surface area contributed by atoms with Gasteiger partial charge >= 0.3 is 0 Å². The molecule has 2 rings (SSSR count). The van der Waals surface area contributed by atoms with Gasteiger partial charge in [-0.1, -0.05) is 18.2 Å². The molecule has 0 aliphatic heterocycles. The number of hydrogen-bond acceptors (Lipinski definition) is 2. The van der Waals surface area contributed by atoms with E-state index in [1.165, 1.54) is 5.56 Å². The van der Waals surface area contributed by atoms with Crippen molar-refractivity contribution in [3.05, 3.63) is 48.0 Å². The number of hydrogen-bond donors (Lipinski definition) is 1. The zero-order valence-corrected chi connectivity index (χ0v) is 8.73. The van der Waals surface area contributed by atoms with Gasteiger partial charge in [0.1, 0.15) is 5.75 Å². The lowest BCUT2D eigenvalue weighted by Gasteiger charge is -2.06. The Balaban J connectivity index is 2.04. The molecule has 1 aromatic carbocycles. The van der Waals surface area contributed by atoms with Crippen molar-refractivity contribution in [2.24, 2.45) is 0 Å². The number of nitrogens with zero attached hydrogens (tertiary/aromatic N) is 1. The van der Waals surface area contributed by atoms with Crippen molar-refractivity contribution in [1.29, 1.82) is 0 Å². The molecule has 3 heteroatoms. The molecule has 0 spiro atoms. The smallest absolute Gasteiger partial charge is 0.122 e. The maximum Gasteiger partial charge on any atom is 0.122 e. The summed E-state index contributed by atoms with van der Waals surface area (Å²) in [6.07, 6.45) is 5.49. The molecule has 1 heterocycles. The molecule has 0 radical (unpaired) electrons. The van der Waals surface area contributed by atoms with Crippen molar-refractivity contribution >= 4 is 0 Å². The normalized spacial score (nSPS) is 10.2.